The van der Waals surface area contributed by atoms with Gasteiger partial charge in [-0.2, -0.15) is 0 Å². The van der Waals surface area contributed by atoms with Gasteiger partial charge in [0.2, 0.25) is 0 Å². The van der Waals surface area contributed by atoms with Crippen molar-refractivity contribution in [2.75, 3.05) is 13.7 Å². The summed E-state index contributed by atoms with van der Waals surface area (Å²) in [5.41, 5.74) is 0.0716. The van der Waals surface area contributed by atoms with E-state index in [1.807, 2.05) is 0 Å². The number of ether oxygens (including phenoxy) is 1. The first-order chi connectivity index (χ1) is 8.04. The molecule has 0 aliphatic rings. The van der Waals surface area contributed by atoms with Gasteiger partial charge in [0, 0.05) is 11.6 Å². The first kappa shape index (κ1) is 13.3. The van der Waals surface area contributed by atoms with Gasteiger partial charge < -0.3 is 15.2 Å². The molecule has 1 aromatic rings. The van der Waals surface area contributed by atoms with E-state index in [1.54, 1.807) is 0 Å². The maximum absolute atomic E-state index is 11.6. The van der Waals surface area contributed by atoms with Crippen molar-refractivity contribution < 1.29 is 19.4 Å². The molecular weight excluding hydrogens is 246 g/mol. The Balaban J connectivity index is 2.58. The first-order valence-corrected chi connectivity index (χ1v) is 5.26. The lowest BCUT2D eigenvalue weighted by molar-refractivity contribution is -0.140. The molecule has 0 radical (unpaired) electrons. The van der Waals surface area contributed by atoms with Gasteiger partial charge in [-0.25, -0.2) is 0 Å². The van der Waals surface area contributed by atoms with Crippen LogP contribution in [0.2, 0.25) is 5.02 Å². The number of carbonyl (C=O) groups is 2. The summed E-state index contributed by atoms with van der Waals surface area (Å²) in [5.74, 6) is -1.07. The van der Waals surface area contributed by atoms with Crippen LogP contribution in [0.1, 0.15) is 16.8 Å². The third-order valence-corrected chi connectivity index (χ3v) is 2.28. The van der Waals surface area contributed by atoms with Gasteiger partial charge in [0.1, 0.15) is 5.75 Å². The van der Waals surface area contributed by atoms with E-state index in [0.29, 0.717) is 5.02 Å². The van der Waals surface area contributed by atoms with Gasteiger partial charge in [-0.1, -0.05) is 11.6 Å². The average Bonchev–Trinajstić information content (AvgIpc) is 2.31. The fourth-order valence-corrected chi connectivity index (χ4v) is 1.34. The summed E-state index contributed by atoms with van der Waals surface area (Å²) < 4.78 is 4.42. The summed E-state index contributed by atoms with van der Waals surface area (Å²) in [6.07, 6.45) is 0.0730. The second-order valence-electron chi connectivity index (χ2n) is 3.24. The molecular formula is C11H12ClNO4. The number of aromatic hydroxyl groups is 1. The Morgan fingerprint density at radius 1 is 1.47 bits per heavy atom. The van der Waals surface area contributed by atoms with Crippen LogP contribution in [0, 0.1) is 0 Å². The molecule has 2 N–H and O–H groups in total. The fraction of sp³-hybridized carbons (Fsp3) is 0.273. The molecule has 0 aromatic heterocycles. The predicted octanol–water partition coefficient (Wildman–Crippen LogP) is 1.34. The molecule has 0 aliphatic heterocycles. The molecule has 17 heavy (non-hydrogen) atoms. The molecule has 1 amide bonds. The molecule has 5 nitrogen and oxygen atoms in total. The lowest BCUT2D eigenvalue weighted by Crippen LogP contribution is -2.26. The lowest BCUT2D eigenvalue weighted by atomic mass is 10.2. The smallest absolute Gasteiger partial charge is 0.307 e. The van der Waals surface area contributed by atoms with Crippen molar-refractivity contribution in [3.05, 3.63) is 28.8 Å². The van der Waals surface area contributed by atoms with Crippen molar-refractivity contribution in [2.45, 2.75) is 6.42 Å². The van der Waals surface area contributed by atoms with Crippen molar-refractivity contribution in [1.29, 1.82) is 0 Å². The predicted molar refractivity (Wildman–Crippen MR) is 62.1 cm³/mol. The second-order valence-corrected chi connectivity index (χ2v) is 3.68. The Bertz CT molecular complexity index is 433. The molecule has 0 saturated heterocycles. The second kappa shape index (κ2) is 6.10. The van der Waals surface area contributed by atoms with Crippen LogP contribution in [0.15, 0.2) is 18.2 Å². The zero-order valence-corrected chi connectivity index (χ0v) is 9.95. The maximum atomic E-state index is 11.6. The lowest BCUT2D eigenvalue weighted by Gasteiger charge is -2.06. The number of phenols is 1. The van der Waals surface area contributed by atoms with E-state index >= 15 is 0 Å². The van der Waals surface area contributed by atoms with Crippen molar-refractivity contribution in [3.63, 3.8) is 0 Å². The topological polar surface area (TPSA) is 75.6 Å². The summed E-state index contributed by atoms with van der Waals surface area (Å²) in [4.78, 5) is 22.4. The molecule has 6 heteroatoms. The summed E-state index contributed by atoms with van der Waals surface area (Å²) in [5, 5.41) is 12.3. The SMILES string of the molecule is COC(=O)CCNC(=O)c1cc(Cl)ccc1O. The van der Waals surface area contributed by atoms with Crippen molar-refractivity contribution >= 4 is 23.5 Å². The number of rotatable bonds is 4. The monoisotopic (exact) mass is 257 g/mol. The normalized spacial score (nSPS) is 9.76. The van der Waals surface area contributed by atoms with E-state index in [2.05, 4.69) is 10.1 Å². The van der Waals surface area contributed by atoms with Gasteiger partial charge in [0.05, 0.1) is 19.1 Å². The number of phenolic OH excluding ortho intramolecular Hbond substituents is 1. The fourth-order valence-electron chi connectivity index (χ4n) is 1.17. The molecule has 1 aromatic carbocycles. The highest BCUT2D eigenvalue weighted by Crippen LogP contribution is 2.21. The van der Waals surface area contributed by atoms with E-state index in [0.717, 1.165) is 0 Å². The molecule has 0 heterocycles. The summed E-state index contributed by atoms with van der Waals surface area (Å²) in [6.45, 7) is 0.136. The molecule has 0 spiro atoms. The van der Waals surface area contributed by atoms with E-state index < -0.39 is 11.9 Å². The number of hydrogen-bond donors (Lipinski definition) is 2. The largest absolute Gasteiger partial charge is 0.507 e. The van der Waals surface area contributed by atoms with Crippen LogP contribution < -0.4 is 5.32 Å². The van der Waals surface area contributed by atoms with Crippen molar-refractivity contribution in [3.8, 4) is 5.75 Å². The zero-order valence-electron chi connectivity index (χ0n) is 9.20. The highest BCUT2D eigenvalue weighted by atomic mass is 35.5. The number of benzene rings is 1. The highest BCUT2D eigenvalue weighted by molar-refractivity contribution is 6.31. The summed E-state index contributed by atoms with van der Waals surface area (Å²) in [6, 6.07) is 4.16. The minimum atomic E-state index is -0.492. The standard InChI is InChI=1S/C11H12ClNO4/c1-17-10(15)4-5-13-11(16)8-6-7(12)2-3-9(8)14/h2-3,6,14H,4-5H2,1H3,(H,13,16). The van der Waals surface area contributed by atoms with Crippen LogP contribution in [0.5, 0.6) is 5.75 Å². The van der Waals surface area contributed by atoms with Gasteiger partial charge in [-0.15, -0.1) is 0 Å². The molecule has 0 bridgehead atoms. The molecule has 1 rings (SSSR count). The highest BCUT2D eigenvalue weighted by Gasteiger charge is 2.11. The van der Waals surface area contributed by atoms with Crippen LogP contribution in [0.3, 0.4) is 0 Å². The van der Waals surface area contributed by atoms with Gasteiger partial charge in [-0.3, -0.25) is 9.59 Å². The van der Waals surface area contributed by atoms with Gasteiger partial charge in [0.15, 0.2) is 0 Å². The van der Waals surface area contributed by atoms with E-state index in [-0.39, 0.29) is 24.3 Å². The molecule has 0 aliphatic carbocycles. The summed E-state index contributed by atoms with van der Waals surface area (Å²) in [7, 11) is 1.27. The summed E-state index contributed by atoms with van der Waals surface area (Å²) >= 11 is 5.70. The van der Waals surface area contributed by atoms with E-state index in [4.69, 9.17) is 11.6 Å². The molecule has 0 atom stereocenters. The maximum Gasteiger partial charge on any atom is 0.307 e. The Morgan fingerprint density at radius 3 is 2.82 bits per heavy atom. The number of carbonyl (C=O) groups excluding carboxylic acids is 2. The van der Waals surface area contributed by atoms with Crippen LogP contribution in [0.4, 0.5) is 0 Å². The minimum Gasteiger partial charge on any atom is -0.507 e. The third kappa shape index (κ3) is 3.96. The average molecular weight is 258 g/mol. The molecule has 0 saturated carbocycles. The number of esters is 1. The van der Waals surface area contributed by atoms with Crippen LogP contribution in [0.25, 0.3) is 0 Å². The zero-order chi connectivity index (χ0) is 12.8. The number of methoxy groups -OCH3 is 1. The van der Waals surface area contributed by atoms with Gasteiger partial charge in [0.25, 0.3) is 5.91 Å². The van der Waals surface area contributed by atoms with Crippen LogP contribution in [-0.2, 0) is 9.53 Å². The number of amides is 1. The third-order valence-electron chi connectivity index (χ3n) is 2.05. The van der Waals surface area contributed by atoms with E-state index in [9.17, 15) is 14.7 Å². The Morgan fingerprint density at radius 2 is 2.18 bits per heavy atom. The van der Waals surface area contributed by atoms with Gasteiger partial charge in [-0.05, 0) is 18.2 Å². The van der Waals surface area contributed by atoms with Gasteiger partial charge >= 0.3 is 5.97 Å². The van der Waals surface area contributed by atoms with Crippen LogP contribution >= 0.6 is 11.6 Å². The van der Waals surface area contributed by atoms with Crippen molar-refractivity contribution in [1.82, 2.24) is 5.32 Å². The number of hydrogen-bond acceptors (Lipinski definition) is 4. The van der Waals surface area contributed by atoms with Crippen LogP contribution in [-0.4, -0.2) is 30.6 Å². The minimum absolute atomic E-state index is 0.0716. The Kier molecular flexibility index (Phi) is 4.78. The Hall–Kier alpha value is -1.75. The quantitative estimate of drug-likeness (QED) is 0.798. The Labute approximate surface area is 103 Å². The molecule has 0 fully saturated rings. The van der Waals surface area contributed by atoms with E-state index in [1.165, 1.54) is 25.3 Å². The van der Waals surface area contributed by atoms with Crippen molar-refractivity contribution in [2.24, 2.45) is 0 Å². The number of halogens is 1. The number of nitrogens with one attached hydrogen (secondary N) is 1. The molecule has 92 valence electrons. The molecule has 0 unspecified atom stereocenters. The first-order valence-electron chi connectivity index (χ1n) is 4.88.